The number of rotatable bonds is 7. The standard InChI is InChI=1S/C28H22O6S2/c29-35(30,31)24-15-13-23(14-16-24)25-19-20-28(36(32,33)34)27(18-12-22-9-5-2-6-10-22)26(25)17-11-21-7-3-1-4-8-21/h1-20H,(H,29,30,31)(H,32,33,34)/b17-11+,18-12+. The van der Waals surface area contributed by atoms with Crippen LogP contribution in [0.1, 0.15) is 22.3 Å². The Morgan fingerprint density at radius 1 is 0.500 bits per heavy atom. The molecule has 0 bridgehead atoms. The molecule has 0 fully saturated rings. The van der Waals surface area contributed by atoms with E-state index in [1.54, 1.807) is 24.3 Å². The molecular weight excluding hydrogens is 496 g/mol. The number of hydrogen-bond acceptors (Lipinski definition) is 4. The second-order valence-electron chi connectivity index (χ2n) is 7.90. The Balaban J connectivity index is 1.96. The van der Waals surface area contributed by atoms with Gasteiger partial charge in [0.15, 0.2) is 0 Å². The van der Waals surface area contributed by atoms with Gasteiger partial charge >= 0.3 is 0 Å². The van der Waals surface area contributed by atoms with E-state index in [0.29, 0.717) is 16.7 Å². The summed E-state index contributed by atoms with van der Waals surface area (Å²) in [4.78, 5) is -0.521. The van der Waals surface area contributed by atoms with E-state index in [-0.39, 0.29) is 15.4 Å². The van der Waals surface area contributed by atoms with Crippen LogP contribution in [-0.2, 0) is 20.2 Å². The predicted molar refractivity (Wildman–Crippen MR) is 142 cm³/mol. The molecule has 0 atom stereocenters. The number of hydrogen-bond donors (Lipinski definition) is 2. The molecular formula is C28H22O6S2. The summed E-state index contributed by atoms with van der Waals surface area (Å²) in [5, 5.41) is 0. The molecule has 0 heterocycles. The van der Waals surface area contributed by atoms with Crippen molar-refractivity contribution in [2.24, 2.45) is 0 Å². The third kappa shape index (κ3) is 6.05. The van der Waals surface area contributed by atoms with Gasteiger partial charge in [-0.3, -0.25) is 9.11 Å². The molecule has 36 heavy (non-hydrogen) atoms. The maximum absolute atomic E-state index is 12.3. The Kier molecular flexibility index (Phi) is 7.32. The van der Waals surface area contributed by atoms with Gasteiger partial charge in [0, 0.05) is 5.56 Å². The topological polar surface area (TPSA) is 109 Å². The molecule has 4 rings (SSSR count). The minimum atomic E-state index is -4.57. The van der Waals surface area contributed by atoms with Gasteiger partial charge in [0.25, 0.3) is 20.2 Å². The van der Waals surface area contributed by atoms with Gasteiger partial charge in [-0.05, 0) is 46.0 Å². The van der Waals surface area contributed by atoms with Crippen LogP contribution in [-0.4, -0.2) is 25.9 Å². The molecule has 0 saturated carbocycles. The maximum atomic E-state index is 12.3. The van der Waals surface area contributed by atoms with Crippen molar-refractivity contribution in [2.45, 2.75) is 9.79 Å². The zero-order valence-corrected chi connectivity index (χ0v) is 20.5. The summed E-state index contributed by atoms with van der Waals surface area (Å²) in [6, 6.07) is 27.2. The highest BCUT2D eigenvalue weighted by Crippen LogP contribution is 2.34. The molecule has 0 amide bonds. The molecule has 182 valence electrons. The average Bonchev–Trinajstić information content (AvgIpc) is 2.86. The smallest absolute Gasteiger partial charge is 0.282 e. The lowest BCUT2D eigenvalue weighted by Crippen LogP contribution is -2.04. The highest BCUT2D eigenvalue weighted by molar-refractivity contribution is 7.86. The fraction of sp³-hybridized carbons (Fsp3) is 0. The van der Waals surface area contributed by atoms with E-state index in [0.717, 1.165) is 11.1 Å². The first-order valence-corrected chi connectivity index (χ1v) is 13.7. The van der Waals surface area contributed by atoms with E-state index in [2.05, 4.69) is 0 Å². The fourth-order valence-corrected chi connectivity index (χ4v) is 4.91. The van der Waals surface area contributed by atoms with Crippen molar-refractivity contribution < 1.29 is 25.9 Å². The van der Waals surface area contributed by atoms with E-state index >= 15 is 0 Å². The van der Waals surface area contributed by atoms with Gasteiger partial charge in [-0.15, -0.1) is 0 Å². The summed E-state index contributed by atoms with van der Waals surface area (Å²) in [7, 11) is -8.94. The van der Waals surface area contributed by atoms with Crippen LogP contribution in [0.2, 0.25) is 0 Å². The predicted octanol–water partition coefficient (Wildman–Crippen LogP) is 6.19. The SMILES string of the molecule is O=S(=O)(O)c1ccc(-c2ccc(S(=O)(=O)O)c(/C=C/c3ccccc3)c2/C=C/c2ccccc2)cc1. The molecule has 6 nitrogen and oxygen atoms in total. The molecule has 0 aliphatic rings. The largest absolute Gasteiger partial charge is 0.295 e. The van der Waals surface area contributed by atoms with Gasteiger partial charge in [-0.25, -0.2) is 0 Å². The quantitative estimate of drug-likeness (QED) is 0.223. The van der Waals surface area contributed by atoms with Crippen molar-refractivity contribution >= 4 is 44.5 Å². The van der Waals surface area contributed by atoms with Crippen molar-refractivity contribution in [3.05, 3.63) is 119 Å². The molecule has 0 saturated heterocycles. The van der Waals surface area contributed by atoms with Crippen molar-refractivity contribution in [2.75, 3.05) is 0 Å². The third-order valence-electron chi connectivity index (χ3n) is 5.47. The highest BCUT2D eigenvalue weighted by Gasteiger charge is 2.20. The van der Waals surface area contributed by atoms with Crippen molar-refractivity contribution in [1.82, 2.24) is 0 Å². The van der Waals surface area contributed by atoms with Crippen LogP contribution in [0.3, 0.4) is 0 Å². The monoisotopic (exact) mass is 518 g/mol. The molecule has 0 aromatic heterocycles. The molecule has 0 radical (unpaired) electrons. The van der Waals surface area contributed by atoms with Gasteiger partial charge in [0.05, 0.1) is 4.90 Å². The van der Waals surface area contributed by atoms with E-state index in [9.17, 15) is 25.9 Å². The minimum absolute atomic E-state index is 0.258. The van der Waals surface area contributed by atoms with Crippen LogP contribution in [0, 0.1) is 0 Å². The molecule has 4 aromatic carbocycles. The van der Waals surface area contributed by atoms with Crippen LogP contribution in [0.15, 0.2) is 107 Å². The van der Waals surface area contributed by atoms with E-state index in [4.69, 9.17) is 0 Å². The summed E-state index contributed by atoms with van der Waals surface area (Å²) >= 11 is 0. The first-order valence-electron chi connectivity index (χ1n) is 10.8. The first kappa shape index (κ1) is 25.3. The summed E-state index contributed by atoms with van der Waals surface area (Å²) < 4.78 is 66.9. The van der Waals surface area contributed by atoms with Crippen molar-refractivity contribution in [1.29, 1.82) is 0 Å². The zero-order chi connectivity index (χ0) is 25.8. The second kappa shape index (κ2) is 10.4. The third-order valence-corrected chi connectivity index (χ3v) is 7.25. The van der Waals surface area contributed by atoms with Crippen LogP contribution in [0.5, 0.6) is 0 Å². The van der Waals surface area contributed by atoms with Crippen molar-refractivity contribution in [3.63, 3.8) is 0 Å². The fourth-order valence-electron chi connectivity index (χ4n) is 3.74. The Bertz CT molecular complexity index is 1640. The van der Waals surface area contributed by atoms with Gasteiger partial charge in [-0.2, -0.15) is 16.8 Å². The summed E-state index contributed by atoms with van der Waals surface area (Å²) in [5.41, 5.74) is 3.67. The molecule has 0 aliphatic heterocycles. The first-order chi connectivity index (χ1) is 17.1. The van der Waals surface area contributed by atoms with Crippen LogP contribution < -0.4 is 0 Å². The Hall–Kier alpha value is -3.82. The molecule has 0 spiro atoms. The van der Waals surface area contributed by atoms with Crippen LogP contribution >= 0.6 is 0 Å². The molecule has 2 N–H and O–H groups in total. The zero-order valence-electron chi connectivity index (χ0n) is 18.9. The van der Waals surface area contributed by atoms with E-state index < -0.39 is 20.2 Å². The average molecular weight is 519 g/mol. The molecule has 0 aliphatic carbocycles. The van der Waals surface area contributed by atoms with E-state index in [1.807, 2.05) is 66.7 Å². The molecule has 4 aromatic rings. The van der Waals surface area contributed by atoms with Crippen molar-refractivity contribution in [3.8, 4) is 11.1 Å². The van der Waals surface area contributed by atoms with Crippen LogP contribution in [0.4, 0.5) is 0 Å². The Morgan fingerprint density at radius 2 is 1.00 bits per heavy atom. The lowest BCUT2D eigenvalue weighted by Gasteiger charge is -2.14. The van der Waals surface area contributed by atoms with Gasteiger partial charge in [-0.1, -0.05) is 103 Å². The lowest BCUT2D eigenvalue weighted by atomic mass is 9.94. The minimum Gasteiger partial charge on any atom is -0.282 e. The second-order valence-corrected chi connectivity index (χ2v) is 10.7. The molecule has 8 heteroatoms. The van der Waals surface area contributed by atoms with Gasteiger partial charge in [0.1, 0.15) is 4.90 Å². The summed E-state index contributed by atoms with van der Waals surface area (Å²) in [6.07, 6.45) is 6.94. The maximum Gasteiger partial charge on any atom is 0.295 e. The van der Waals surface area contributed by atoms with Gasteiger partial charge < -0.3 is 0 Å². The lowest BCUT2D eigenvalue weighted by molar-refractivity contribution is 0.481. The van der Waals surface area contributed by atoms with E-state index in [1.165, 1.54) is 30.3 Å². The Morgan fingerprint density at radius 3 is 1.47 bits per heavy atom. The Labute approximate surface area is 210 Å². The van der Waals surface area contributed by atoms with Crippen LogP contribution in [0.25, 0.3) is 35.4 Å². The summed E-state index contributed by atoms with van der Waals surface area (Å²) in [6.45, 7) is 0. The molecule has 0 unspecified atom stereocenters. The van der Waals surface area contributed by atoms with Gasteiger partial charge in [0.2, 0.25) is 0 Å². The number of benzene rings is 4. The highest BCUT2D eigenvalue weighted by atomic mass is 32.2. The normalized spacial score (nSPS) is 12.4. The summed E-state index contributed by atoms with van der Waals surface area (Å²) in [5.74, 6) is 0.